The summed E-state index contributed by atoms with van der Waals surface area (Å²) in [6.45, 7) is 16.8. The molecular formula is C81H115N9O22. The molecule has 0 bridgehead atoms. The molecule has 17 atom stereocenters. The van der Waals surface area contributed by atoms with Crippen molar-refractivity contribution < 1.29 is 106 Å². The first-order valence-electron chi connectivity index (χ1n) is 38.0. The molecule has 0 saturated carbocycles. The number of carbonyl (C=O) groups excluding carboxylic acids is 11. The first-order chi connectivity index (χ1) is 53.2. The Bertz CT molecular complexity index is 3730. The normalized spacial score (nSPS) is 19.7. The van der Waals surface area contributed by atoms with Crippen LogP contribution in [-0.4, -0.2) is 224 Å². The summed E-state index contributed by atoms with van der Waals surface area (Å²) in [5, 5.41) is 36.3. The zero-order valence-corrected chi connectivity index (χ0v) is 66.8. The number of alkyl carbamates (subject to hydrolysis) is 1. The molecule has 4 aromatic carbocycles. The van der Waals surface area contributed by atoms with E-state index in [0.717, 1.165) is 26.5 Å². The topological polar surface area (TPSA) is 407 Å². The number of hydrogen-bond acceptors (Lipinski definition) is 23. The monoisotopic (exact) mass is 1570 g/mol. The third kappa shape index (κ3) is 26.2. The number of hydrogen-bond donors (Lipinski definition) is 8. The van der Waals surface area contributed by atoms with E-state index in [-0.39, 0.29) is 62.5 Å². The van der Waals surface area contributed by atoms with Gasteiger partial charge in [0.2, 0.25) is 41.7 Å². The first-order valence-corrected chi connectivity index (χ1v) is 38.0. The molecule has 31 heteroatoms. The Morgan fingerprint density at radius 2 is 1.29 bits per heavy atom. The van der Waals surface area contributed by atoms with Crippen molar-refractivity contribution in [1.82, 2.24) is 36.0 Å². The van der Waals surface area contributed by atoms with Crippen LogP contribution >= 0.6 is 0 Å². The molecule has 616 valence electrons. The molecule has 8 amide bonds. The van der Waals surface area contributed by atoms with Crippen molar-refractivity contribution in [2.75, 3.05) is 53.8 Å². The number of likely N-dealkylation sites (tertiary alicyclic amines) is 1. The summed E-state index contributed by atoms with van der Waals surface area (Å²) in [5.74, 6) is -7.05. The zero-order chi connectivity index (χ0) is 82.6. The van der Waals surface area contributed by atoms with Gasteiger partial charge in [-0.05, 0) is 110 Å². The van der Waals surface area contributed by atoms with E-state index in [9.17, 15) is 63.0 Å². The van der Waals surface area contributed by atoms with Crippen LogP contribution in [-0.2, 0) is 101 Å². The van der Waals surface area contributed by atoms with Crippen LogP contribution in [0, 0.1) is 23.7 Å². The molecule has 0 aliphatic carbocycles. The molecule has 2 fully saturated rings. The van der Waals surface area contributed by atoms with Crippen LogP contribution in [0.25, 0.3) is 0 Å². The lowest BCUT2D eigenvalue weighted by Gasteiger charge is -2.41. The van der Waals surface area contributed by atoms with Gasteiger partial charge in [-0.3, -0.25) is 43.3 Å². The van der Waals surface area contributed by atoms with Crippen LogP contribution in [0.4, 0.5) is 15.3 Å². The van der Waals surface area contributed by atoms with Crippen molar-refractivity contribution in [3.63, 3.8) is 0 Å². The summed E-state index contributed by atoms with van der Waals surface area (Å²) < 4.78 is 49.9. The average Bonchev–Trinajstić information content (AvgIpc) is 1.18. The molecule has 2 saturated heterocycles. The highest BCUT2D eigenvalue weighted by atomic mass is 16.7. The standard InChI is InChI=1S/C81H115N9O22/c1-16-48(6)66(62(104-13)43-63(93)90-41-25-31-61(90)69(105-14)49(7)73(96)84-50(8)67(94)56-28-21-18-22-29-56)88(11)77(100)64(46(2)3)87-76(99)65(47(4)5)89(12)81(103)108-45-54-32-36-57(37-33-54)85-75(98)60(86-74(97)59(82)42-53-26-19-17-20-27-53)30-23-24-40-83-80(102)107-44-55-34-38-58(39-35-55)111-79-68(95)70(109-51(9)91)71(110-52(10)92)72(112-79)78(101)106-15/h17-22,26-29,32-39,46-50,59-62,64-72,79,94-95H,16,23-25,30-31,40-45,82H2,1-15H3,(H,83,102)(H,84,96)(H,85,98)(H,86,97)(H,87,99)/t48-,49+,50+,59-,60-,61-,62+,64-,65-,66-,67+,68+,69+,70+,71-,72-,79+/m0/s1. The lowest BCUT2D eigenvalue weighted by atomic mass is 9.89. The molecule has 2 aliphatic rings. The van der Waals surface area contributed by atoms with E-state index in [1.807, 2.05) is 62.4 Å². The van der Waals surface area contributed by atoms with E-state index in [2.05, 4.69) is 26.6 Å². The number of methoxy groups -OCH3 is 3. The summed E-state index contributed by atoms with van der Waals surface area (Å²) in [5.41, 5.74) is 9.22. The van der Waals surface area contributed by atoms with E-state index in [4.69, 9.17) is 48.4 Å². The summed E-state index contributed by atoms with van der Waals surface area (Å²) in [6, 6.07) is 24.7. The zero-order valence-electron chi connectivity index (χ0n) is 66.8. The van der Waals surface area contributed by atoms with Crippen LogP contribution in [0.1, 0.15) is 143 Å². The molecule has 0 aromatic heterocycles. The largest absolute Gasteiger partial charge is 0.467 e. The number of aliphatic hydroxyl groups is 2. The molecule has 9 N–H and O–H groups in total. The first kappa shape index (κ1) is 91.1. The molecule has 4 aromatic rings. The van der Waals surface area contributed by atoms with Crippen molar-refractivity contribution in [3.05, 3.63) is 131 Å². The molecular weight excluding hydrogens is 1450 g/mol. The van der Waals surface area contributed by atoms with Gasteiger partial charge in [0.15, 0.2) is 24.4 Å². The predicted molar refractivity (Wildman–Crippen MR) is 410 cm³/mol. The highest BCUT2D eigenvalue weighted by Crippen LogP contribution is 2.33. The predicted octanol–water partition coefficient (Wildman–Crippen LogP) is 6.17. The minimum atomic E-state index is -1.73. The molecule has 0 spiro atoms. The van der Waals surface area contributed by atoms with E-state index in [1.165, 1.54) is 38.3 Å². The second kappa shape index (κ2) is 44.5. The Hall–Kier alpha value is -9.79. The number of ether oxygens (including phenoxy) is 9. The number of amides is 8. The fraction of sp³-hybridized carbons (Fsp3) is 0.568. The molecule has 6 rings (SSSR count). The van der Waals surface area contributed by atoms with Gasteiger partial charge in [-0.2, -0.15) is 0 Å². The van der Waals surface area contributed by atoms with E-state index < -0.39 is 163 Å². The van der Waals surface area contributed by atoms with Gasteiger partial charge in [-0.25, -0.2) is 14.4 Å². The van der Waals surface area contributed by atoms with Gasteiger partial charge in [0.05, 0.1) is 61.9 Å². The summed E-state index contributed by atoms with van der Waals surface area (Å²) in [7, 11) is 7.14. The summed E-state index contributed by atoms with van der Waals surface area (Å²) in [4.78, 5) is 153. The number of nitrogens with two attached hydrogens (primary N) is 1. The van der Waals surface area contributed by atoms with Crippen LogP contribution < -0.4 is 37.1 Å². The highest BCUT2D eigenvalue weighted by Gasteiger charge is 2.54. The summed E-state index contributed by atoms with van der Waals surface area (Å²) in [6.07, 6.45) is -9.27. The summed E-state index contributed by atoms with van der Waals surface area (Å²) >= 11 is 0. The SMILES string of the molecule is CC[C@H](C)[C@@H]([C@@H](CC(=O)N1CCC[C@H]1[C@H](OC)[C@@H](C)C(=O)N[C@H](C)[C@@H](O)c1ccccc1)OC)N(C)C(=O)[C@@H](NC(=O)[C@H](C(C)C)N(C)C(=O)OCc1ccc(NC(=O)[C@H](CCCCNC(=O)OCc2ccc(O[C@@H]3O[C@H](C(=O)OC)[C@@H](OC(C)=O)[C@H](OC(C)=O)[C@H]3O)cc2)NC(=O)[C@@H](N)Cc2ccccc2)cc1)C(C)C. The molecule has 0 unspecified atom stereocenters. The number of anilines is 1. The van der Waals surface area contributed by atoms with Gasteiger partial charge in [-0.1, -0.05) is 140 Å². The maximum Gasteiger partial charge on any atom is 0.410 e. The average molecular weight is 1570 g/mol. The van der Waals surface area contributed by atoms with Gasteiger partial charge >= 0.3 is 30.1 Å². The number of carbonyl (C=O) groups is 11. The lowest BCUT2D eigenvalue weighted by Crippen LogP contribution is -2.63. The second-order valence-electron chi connectivity index (χ2n) is 29.2. The maximum atomic E-state index is 14.9. The maximum absolute atomic E-state index is 14.9. The van der Waals surface area contributed by atoms with Gasteiger partial charge in [0.1, 0.15) is 37.1 Å². The molecule has 2 aliphatic heterocycles. The Labute approximate surface area is 655 Å². The smallest absolute Gasteiger partial charge is 0.410 e. The molecule has 112 heavy (non-hydrogen) atoms. The second-order valence-corrected chi connectivity index (χ2v) is 29.2. The van der Waals surface area contributed by atoms with E-state index in [1.54, 1.807) is 107 Å². The van der Waals surface area contributed by atoms with Crippen molar-refractivity contribution in [2.24, 2.45) is 29.4 Å². The Morgan fingerprint density at radius 3 is 1.87 bits per heavy atom. The van der Waals surface area contributed by atoms with Crippen LogP contribution in [0.3, 0.4) is 0 Å². The number of likely N-dealkylation sites (N-methyl/N-ethyl adjacent to an activating group) is 2. The number of esters is 3. The third-order valence-corrected chi connectivity index (χ3v) is 20.2. The quantitative estimate of drug-likeness (QED) is 0.0140. The minimum Gasteiger partial charge on any atom is -0.467 e. The number of nitrogens with zero attached hydrogens (tertiary/aromatic N) is 3. The van der Waals surface area contributed by atoms with Crippen molar-refractivity contribution in [2.45, 2.75) is 225 Å². The van der Waals surface area contributed by atoms with Crippen LogP contribution in [0.15, 0.2) is 109 Å². The number of unbranched alkanes of at least 4 members (excludes halogenated alkanes) is 1. The van der Waals surface area contributed by atoms with E-state index >= 15 is 0 Å². The van der Waals surface area contributed by atoms with Crippen LogP contribution in [0.5, 0.6) is 5.75 Å². The fourth-order valence-corrected chi connectivity index (χ4v) is 13.9. The van der Waals surface area contributed by atoms with Crippen molar-refractivity contribution in [3.8, 4) is 5.75 Å². The third-order valence-electron chi connectivity index (χ3n) is 20.2. The minimum absolute atomic E-state index is 0.101. The van der Waals surface area contributed by atoms with E-state index in [0.29, 0.717) is 61.0 Å². The highest BCUT2D eigenvalue weighted by molar-refractivity contribution is 5.98. The Kier molecular flexibility index (Phi) is 36.2. The van der Waals surface area contributed by atoms with Gasteiger partial charge in [-0.15, -0.1) is 0 Å². The number of aliphatic hydroxyl groups excluding tert-OH is 2. The molecule has 0 radical (unpaired) electrons. The number of nitrogens with one attached hydrogen (secondary N) is 5. The van der Waals surface area contributed by atoms with Crippen molar-refractivity contribution >= 4 is 71.2 Å². The molecule has 31 nitrogen and oxygen atoms in total. The van der Waals surface area contributed by atoms with Crippen LogP contribution in [0.2, 0.25) is 0 Å². The Balaban J connectivity index is 1.01. The Morgan fingerprint density at radius 1 is 0.679 bits per heavy atom. The van der Waals surface area contributed by atoms with Gasteiger partial charge in [0.25, 0.3) is 0 Å². The fourth-order valence-electron chi connectivity index (χ4n) is 13.9. The van der Waals surface area contributed by atoms with Crippen molar-refractivity contribution in [1.29, 1.82) is 0 Å². The number of rotatable bonds is 40. The van der Waals surface area contributed by atoms with Gasteiger partial charge < -0.3 is 95.0 Å². The number of benzene rings is 4. The van der Waals surface area contributed by atoms with Gasteiger partial charge in [0, 0.05) is 60.9 Å². The lowest BCUT2D eigenvalue weighted by molar-refractivity contribution is -0.278. The molecule has 2 heterocycles.